The average molecular weight is 429 g/mol. The van der Waals surface area contributed by atoms with E-state index in [2.05, 4.69) is 73.2 Å². The van der Waals surface area contributed by atoms with Gasteiger partial charge < -0.3 is 9.51 Å². The van der Waals surface area contributed by atoms with Crippen LogP contribution in [0.1, 0.15) is 30.2 Å². The molecule has 1 fully saturated rings. The first-order valence-corrected chi connectivity index (χ1v) is 11.1. The summed E-state index contributed by atoms with van der Waals surface area (Å²) < 4.78 is 5.07. The van der Waals surface area contributed by atoms with Crippen molar-refractivity contribution in [1.29, 1.82) is 0 Å². The van der Waals surface area contributed by atoms with E-state index >= 15 is 0 Å². The molecular weight excluding hydrogens is 400 g/mol. The molecule has 0 radical (unpaired) electrons. The standard InChI is InChI=1S/C25H28N6O/c1-18(24-26-11-12-27-24)31-15-13-30(14-16-31)17-20-3-5-21(6-4-20)22-7-9-23(10-8-22)25-28-19(2)32-29-25/h3-12,18H,13-17H2,1-2H3,(H,26,27). The van der Waals surface area contributed by atoms with E-state index in [4.69, 9.17) is 4.52 Å². The second kappa shape index (κ2) is 9.06. The Morgan fingerprint density at radius 1 is 0.938 bits per heavy atom. The summed E-state index contributed by atoms with van der Waals surface area (Å²) in [6, 6.07) is 17.5. The van der Waals surface area contributed by atoms with E-state index in [1.54, 1.807) is 6.92 Å². The molecule has 2 aromatic carbocycles. The molecule has 164 valence electrons. The fraction of sp³-hybridized carbons (Fsp3) is 0.320. The van der Waals surface area contributed by atoms with Crippen LogP contribution in [0.2, 0.25) is 0 Å². The Morgan fingerprint density at radius 2 is 1.59 bits per heavy atom. The van der Waals surface area contributed by atoms with Crippen LogP contribution in [0, 0.1) is 6.92 Å². The van der Waals surface area contributed by atoms with E-state index < -0.39 is 0 Å². The molecule has 1 aliphatic heterocycles. The molecule has 2 aromatic heterocycles. The van der Waals surface area contributed by atoms with Crippen LogP contribution >= 0.6 is 0 Å². The van der Waals surface area contributed by atoms with E-state index in [9.17, 15) is 0 Å². The smallest absolute Gasteiger partial charge is 0.223 e. The zero-order valence-corrected chi connectivity index (χ0v) is 18.5. The second-order valence-electron chi connectivity index (χ2n) is 8.37. The molecule has 1 unspecified atom stereocenters. The minimum absolute atomic E-state index is 0.335. The SMILES string of the molecule is Cc1nc(-c2ccc(-c3ccc(CN4CCN(C(C)c5ncc[nH]5)CC4)cc3)cc2)no1. The maximum absolute atomic E-state index is 5.07. The van der Waals surface area contributed by atoms with Crippen molar-refractivity contribution in [2.45, 2.75) is 26.4 Å². The van der Waals surface area contributed by atoms with E-state index in [0.717, 1.165) is 44.1 Å². The Morgan fingerprint density at radius 3 is 2.19 bits per heavy atom. The Labute approximate surface area is 188 Å². The topological polar surface area (TPSA) is 74.1 Å². The van der Waals surface area contributed by atoms with Crippen LogP contribution in [0.5, 0.6) is 0 Å². The molecule has 1 saturated heterocycles. The molecule has 0 bridgehead atoms. The lowest BCUT2D eigenvalue weighted by atomic mass is 10.0. The van der Waals surface area contributed by atoms with Crippen molar-refractivity contribution in [3.8, 4) is 22.5 Å². The normalized spacial score (nSPS) is 16.3. The Balaban J connectivity index is 1.17. The molecule has 32 heavy (non-hydrogen) atoms. The van der Waals surface area contributed by atoms with E-state index in [0.29, 0.717) is 17.8 Å². The highest BCUT2D eigenvalue weighted by molar-refractivity contribution is 5.67. The van der Waals surface area contributed by atoms with Crippen LogP contribution in [0.25, 0.3) is 22.5 Å². The van der Waals surface area contributed by atoms with E-state index in [1.165, 1.54) is 16.7 Å². The maximum Gasteiger partial charge on any atom is 0.223 e. The number of hydrogen-bond donors (Lipinski definition) is 1. The zero-order valence-electron chi connectivity index (χ0n) is 18.5. The van der Waals surface area contributed by atoms with Crippen LogP contribution in [-0.4, -0.2) is 56.1 Å². The number of hydrogen-bond acceptors (Lipinski definition) is 6. The maximum atomic E-state index is 5.07. The molecule has 3 heterocycles. The number of nitrogens with one attached hydrogen (secondary N) is 1. The number of rotatable bonds is 6. The number of aromatic nitrogens is 4. The van der Waals surface area contributed by atoms with Crippen LogP contribution in [0.15, 0.2) is 65.4 Å². The van der Waals surface area contributed by atoms with Gasteiger partial charge in [0.15, 0.2) is 0 Å². The molecule has 4 aromatic rings. The fourth-order valence-corrected chi connectivity index (χ4v) is 4.28. The molecular formula is C25H28N6O. The van der Waals surface area contributed by atoms with Gasteiger partial charge in [0.25, 0.3) is 0 Å². The summed E-state index contributed by atoms with van der Waals surface area (Å²) in [7, 11) is 0. The Bertz CT molecular complexity index is 1130. The quantitative estimate of drug-likeness (QED) is 0.493. The van der Waals surface area contributed by atoms with Crippen molar-refractivity contribution in [3.63, 3.8) is 0 Å². The Hall–Kier alpha value is -3.29. The third-order valence-corrected chi connectivity index (χ3v) is 6.23. The van der Waals surface area contributed by atoms with Gasteiger partial charge in [0.05, 0.1) is 6.04 Å². The highest BCUT2D eigenvalue weighted by atomic mass is 16.5. The summed E-state index contributed by atoms with van der Waals surface area (Å²) >= 11 is 0. The first kappa shape index (κ1) is 20.6. The first-order chi connectivity index (χ1) is 15.7. The predicted molar refractivity (Wildman–Crippen MR) is 124 cm³/mol. The molecule has 0 saturated carbocycles. The lowest BCUT2D eigenvalue weighted by Gasteiger charge is -2.37. The van der Waals surface area contributed by atoms with Crippen molar-refractivity contribution in [1.82, 2.24) is 29.9 Å². The van der Waals surface area contributed by atoms with Gasteiger partial charge in [-0.15, -0.1) is 0 Å². The lowest BCUT2D eigenvalue weighted by molar-refractivity contribution is 0.0951. The number of aryl methyl sites for hydroxylation is 1. The van der Waals surface area contributed by atoms with Crippen LogP contribution in [-0.2, 0) is 6.54 Å². The highest BCUT2D eigenvalue weighted by Crippen LogP contribution is 2.25. The zero-order chi connectivity index (χ0) is 21.9. The van der Waals surface area contributed by atoms with Crippen LogP contribution in [0.4, 0.5) is 0 Å². The lowest BCUT2D eigenvalue weighted by Crippen LogP contribution is -2.46. The number of nitrogens with zero attached hydrogens (tertiary/aromatic N) is 5. The molecule has 7 heteroatoms. The minimum Gasteiger partial charge on any atom is -0.347 e. The van der Waals surface area contributed by atoms with Gasteiger partial charge in [0.2, 0.25) is 11.7 Å². The highest BCUT2D eigenvalue weighted by Gasteiger charge is 2.23. The molecule has 0 aliphatic carbocycles. The summed E-state index contributed by atoms with van der Waals surface area (Å²) in [4.78, 5) is 17.0. The number of aromatic amines is 1. The van der Waals surface area contributed by atoms with Gasteiger partial charge in [-0.25, -0.2) is 4.98 Å². The molecule has 0 amide bonds. The molecule has 1 N–H and O–H groups in total. The number of piperazine rings is 1. The molecule has 5 rings (SSSR count). The van der Waals surface area contributed by atoms with Gasteiger partial charge in [0.1, 0.15) is 5.82 Å². The molecule has 1 atom stereocenters. The van der Waals surface area contributed by atoms with Crippen LogP contribution < -0.4 is 0 Å². The minimum atomic E-state index is 0.335. The van der Waals surface area contributed by atoms with Crippen molar-refractivity contribution >= 4 is 0 Å². The third kappa shape index (κ3) is 4.49. The summed E-state index contributed by atoms with van der Waals surface area (Å²) in [6.45, 7) is 9.28. The molecule has 1 aliphatic rings. The third-order valence-electron chi connectivity index (χ3n) is 6.23. The largest absolute Gasteiger partial charge is 0.347 e. The van der Waals surface area contributed by atoms with E-state index in [1.807, 2.05) is 24.5 Å². The summed E-state index contributed by atoms with van der Waals surface area (Å²) in [6.07, 6.45) is 3.73. The van der Waals surface area contributed by atoms with Crippen molar-refractivity contribution < 1.29 is 4.52 Å². The van der Waals surface area contributed by atoms with Crippen molar-refractivity contribution in [2.75, 3.05) is 26.2 Å². The van der Waals surface area contributed by atoms with Crippen molar-refractivity contribution in [3.05, 3.63) is 78.2 Å². The number of benzene rings is 2. The van der Waals surface area contributed by atoms with Gasteiger partial charge in [0, 0.05) is 57.6 Å². The fourth-order valence-electron chi connectivity index (χ4n) is 4.28. The number of imidazole rings is 1. The summed E-state index contributed by atoms with van der Waals surface area (Å²) in [5.74, 6) is 2.26. The number of H-pyrrole nitrogens is 1. The average Bonchev–Trinajstić information content (AvgIpc) is 3.52. The van der Waals surface area contributed by atoms with Gasteiger partial charge in [-0.05, 0) is 23.6 Å². The summed E-state index contributed by atoms with van der Waals surface area (Å²) in [5.41, 5.74) is 4.70. The van der Waals surface area contributed by atoms with E-state index in [-0.39, 0.29) is 0 Å². The summed E-state index contributed by atoms with van der Waals surface area (Å²) in [5, 5.41) is 3.98. The predicted octanol–water partition coefficient (Wildman–Crippen LogP) is 4.31. The monoisotopic (exact) mass is 428 g/mol. The molecule has 7 nitrogen and oxygen atoms in total. The van der Waals surface area contributed by atoms with Gasteiger partial charge >= 0.3 is 0 Å². The van der Waals surface area contributed by atoms with Crippen molar-refractivity contribution in [2.24, 2.45) is 0 Å². The first-order valence-electron chi connectivity index (χ1n) is 11.1. The second-order valence-corrected chi connectivity index (χ2v) is 8.37. The van der Waals surface area contributed by atoms with Gasteiger partial charge in [-0.3, -0.25) is 9.80 Å². The van der Waals surface area contributed by atoms with Gasteiger partial charge in [-0.2, -0.15) is 4.98 Å². The van der Waals surface area contributed by atoms with Crippen LogP contribution in [0.3, 0.4) is 0 Å². The molecule has 0 spiro atoms. The van der Waals surface area contributed by atoms with Gasteiger partial charge in [-0.1, -0.05) is 53.7 Å². The Kier molecular flexibility index (Phi) is 5.83.